The first-order valence-corrected chi connectivity index (χ1v) is 15.9. The van der Waals surface area contributed by atoms with Crippen molar-refractivity contribution in [3.8, 4) is 16.9 Å². The van der Waals surface area contributed by atoms with Gasteiger partial charge in [0.2, 0.25) is 5.91 Å². The molecule has 1 amide bonds. The maximum absolute atomic E-state index is 12.1. The van der Waals surface area contributed by atoms with Crippen LogP contribution in [0.15, 0.2) is 90.0 Å². The van der Waals surface area contributed by atoms with Gasteiger partial charge in [-0.25, -0.2) is 0 Å². The first kappa shape index (κ1) is 29.3. The minimum Gasteiger partial charge on any atom is -0.487 e. The van der Waals surface area contributed by atoms with Crippen molar-refractivity contribution in [1.29, 1.82) is 0 Å². The van der Waals surface area contributed by atoms with Crippen molar-refractivity contribution in [3.63, 3.8) is 0 Å². The van der Waals surface area contributed by atoms with Crippen molar-refractivity contribution in [3.05, 3.63) is 113 Å². The summed E-state index contributed by atoms with van der Waals surface area (Å²) in [4.78, 5) is 18.0. The van der Waals surface area contributed by atoms with Crippen LogP contribution in [0.5, 0.6) is 5.75 Å². The van der Waals surface area contributed by atoms with Crippen LogP contribution < -0.4 is 10.1 Å². The van der Waals surface area contributed by atoms with E-state index in [0.717, 1.165) is 34.0 Å². The molecule has 2 aromatic heterocycles. The van der Waals surface area contributed by atoms with Gasteiger partial charge in [0.1, 0.15) is 12.4 Å². The number of pyridine rings is 1. The van der Waals surface area contributed by atoms with Gasteiger partial charge in [0.05, 0.1) is 11.2 Å². The molecule has 3 aromatic carbocycles. The van der Waals surface area contributed by atoms with Crippen LogP contribution in [0, 0.1) is 0 Å². The first-order chi connectivity index (χ1) is 20.7. The number of rotatable bonds is 9. The zero-order valence-corrected chi connectivity index (χ0v) is 26.6. The van der Waals surface area contributed by atoms with E-state index in [1.54, 1.807) is 6.92 Å². The summed E-state index contributed by atoms with van der Waals surface area (Å²) in [6.07, 6.45) is 3.54. The third-order valence-electron chi connectivity index (χ3n) is 7.85. The summed E-state index contributed by atoms with van der Waals surface area (Å²) in [5.41, 5.74) is 7.56. The average molecular weight is 610 g/mol. The predicted octanol–water partition coefficient (Wildman–Crippen LogP) is 8.48. The number of carbonyl (C=O) groups excluding carboxylic acids is 1. The Morgan fingerprint density at radius 2 is 1.81 bits per heavy atom. The molecule has 0 spiro atoms. The predicted molar refractivity (Wildman–Crippen MR) is 177 cm³/mol. The quantitative estimate of drug-likeness (QED) is 0.182. The van der Waals surface area contributed by atoms with Crippen LogP contribution in [0.1, 0.15) is 50.2 Å². The van der Waals surface area contributed by atoms with Crippen LogP contribution in [-0.2, 0) is 30.8 Å². The van der Waals surface area contributed by atoms with Crippen LogP contribution in [0.2, 0.25) is 5.02 Å². The lowest BCUT2D eigenvalue weighted by Gasteiger charge is -2.28. The largest absolute Gasteiger partial charge is 0.487 e. The highest BCUT2D eigenvalue weighted by Crippen LogP contribution is 2.47. The smallest absolute Gasteiger partial charge is 0.217 e. The third-order valence-corrected chi connectivity index (χ3v) is 9.35. The molecular formula is C36H36ClN3O2S. The van der Waals surface area contributed by atoms with Gasteiger partial charge in [0, 0.05) is 69.0 Å². The number of hydrogen-bond donors (Lipinski definition) is 1. The van der Waals surface area contributed by atoms with Gasteiger partial charge in [-0.05, 0) is 61.7 Å². The molecule has 220 valence electrons. The van der Waals surface area contributed by atoms with Crippen molar-refractivity contribution in [1.82, 2.24) is 14.9 Å². The molecule has 0 fully saturated rings. The Bertz CT molecular complexity index is 1760. The number of aromatic nitrogens is 2. The second kappa shape index (κ2) is 12.1. The molecule has 6 rings (SSSR count). The van der Waals surface area contributed by atoms with Gasteiger partial charge in [-0.15, -0.1) is 11.8 Å². The molecule has 1 aliphatic rings. The Morgan fingerprint density at radius 1 is 1.05 bits per heavy atom. The van der Waals surface area contributed by atoms with E-state index in [0.29, 0.717) is 24.8 Å². The number of halogens is 1. The molecule has 5 nitrogen and oxygen atoms in total. The van der Waals surface area contributed by atoms with E-state index in [1.165, 1.54) is 32.6 Å². The number of nitrogens with one attached hydrogen (secondary N) is 1. The van der Waals surface area contributed by atoms with E-state index in [1.807, 2.05) is 54.4 Å². The highest BCUT2D eigenvalue weighted by Gasteiger charge is 2.32. The van der Waals surface area contributed by atoms with Crippen LogP contribution in [-0.4, -0.2) is 26.2 Å². The Hall–Kier alpha value is -3.74. The molecule has 43 heavy (non-hydrogen) atoms. The van der Waals surface area contributed by atoms with Crippen LogP contribution in [0.4, 0.5) is 0 Å². The summed E-state index contributed by atoms with van der Waals surface area (Å²) in [7, 11) is 0. The van der Waals surface area contributed by atoms with Crippen molar-refractivity contribution < 1.29 is 9.53 Å². The van der Waals surface area contributed by atoms with Gasteiger partial charge in [0.25, 0.3) is 0 Å². The minimum atomic E-state index is -0.410. The van der Waals surface area contributed by atoms with E-state index < -0.39 is 5.54 Å². The Balaban J connectivity index is 1.37. The molecule has 0 bridgehead atoms. The van der Waals surface area contributed by atoms with Crippen molar-refractivity contribution in [2.75, 3.05) is 0 Å². The highest BCUT2D eigenvalue weighted by atomic mass is 35.5. The van der Waals surface area contributed by atoms with E-state index in [4.69, 9.17) is 21.3 Å². The molecule has 7 heteroatoms. The number of amides is 1. The molecule has 3 heterocycles. The molecule has 0 radical (unpaired) electrons. The summed E-state index contributed by atoms with van der Waals surface area (Å²) in [5, 5.41) is 5.53. The van der Waals surface area contributed by atoms with E-state index >= 15 is 0 Å². The fourth-order valence-corrected chi connectivity index (χ4v) is 7.48. The van der Waals surface area contributed by atoms with E-state index in [2.05, 4.69) is 73.1 Å². The number of thioether (sulfide) groups is 1. The Morgan fingerprint density at radius 3 is 2.51 bits per heavy atom. The zero-order valence-electron chi connectivity index (χ0n) is 25.0. The number of ether oxygens (including phenoxy) is 1. The summed E-state index contributed by atoms with van der Waals surface area (Å²) in [6, 6.07) is 26.8. The summed E-state index contributed by atoms with van der Waals surface area (Å²) >= 11 is 8.13. The van der Waals surface area contributed by atoms with E-state index in [-0.39, 0.29) is 5.91 Å². The third kappa shape index (κ3) is 6.46. The molecule has 5 aromatic rings. The second-order valence-corrected chi connectivity index (χ2v) is 13.9. The SMILES string of the molecule is CC(=O)NC(C)(C)Cc1c2c3c(c(OCc4ccc(-c5ccccc5)cn4)ccc3n1Cc1ccc(Cl)cc1)CC(C)S2. The molecular weight excluding hydrogens is 574 g/mol. The van der Waals surface area contributed by atoms with Gasteiger partial charge < -0.3 is 14.6 Å². The molecule has 1 aliphatic heterocycles. The maximum Gasteiger partial charge on any atom is 0.217 e. The lowest BCUT2D eigenvalue weighted by atomic mass is 9.97. The lowest BCUT2D eigenvalue weighted by Crippen LogP contribution is -2.44. The van der Waals surface area contributed by atoms with Gasteiger partial charge in [-0.2, -0.15) is 0 Å². The average Bonchev–Trinajstić information content (AvgIpc) is 3.25. The number of carbonyl (C=O) groups is 1. The van der Waals surface area contributed by atoms with Crippen LogP contribution in [0.3, 0.4) is 0 Å². The topological polar surface area (TPSA) is 56.1 Å². The Kier molecular flexibility index (Phi) is 8.25. The number of nitrogens with zero attached hydrogens (tertiary/aromatic N) is 2. The first-order valence-electron chi connectivity index (χ1n) is 14.7. The maximum atomic E-state index is 12.1. The van der Waals surface area contributed by atoms with Crippen molar-refractivity contribution in [2.24, 2.45) is 0 Å². The summed E-state index contributed by atoms with van der Waals surface area (Å²) < 4.78 is 8.90. The van der Waals surface area contributed by atoms with Gasteiger partial charge in [0.15, 0.2) is 0 Å². The summed E-state index contributed by atoms with van der Waals surface area (Å²) in [6.45, 7) is 9.16. The molecule has 1 N–H and O–H groups in total. The van der Waals surface area contributed by atoms with Gasteiger partial charge in [-0.1, -0.05) is 67.1 Å². The van der Waals surface area contributed by atoms with Gasteiger partial charge in [-0.3, -0.25) is 9.78 Å². The fourth-order valence-electron chi connectivity index (χ4n) is 6.03. The fraction of sp³-hybridized carbons (Fsp3) is 0.278. The van der Waals surface area contributed by atoms with Crippen LogP contribution in [0.25, 0.3) is 22.0 Å². The molecule has 0 saturated heterocycles. The lowest BCUT2D eigenvalue weighted by molar-refractivity contribution is -0.120. The van der Waals surface area contributed by atoms with Gasteiger partial charge >= 0.3 is 0 Å². The Labute approximate surface area is 262 Å². The molecule has 1 unspecified atom stereocenters. The van der Waals surface area contributed by atoms with Crippen molar-refractivity contribution in [2.45, 2.75) is 69.4 Å². The highest BCUT2D eigenvalue weighted by molar-refractivity contribution is 8.00. The number of hydrogen-bond acceptors (Lipinski definition) is 4. The molecule has 0 saturated carbocycles. The molecule has 0 aliphatic carbocycles. The van der Waals surface area contributed by atoms with E-state index in [9.17, 15) is 4.79 Å². The minimum absolute atomic E-state index is 0.0261. The standard InChI is InChI=1S/C36H36ClN3O2S/c1-23-18-30-33(42-22-29-15-12-27(20-38-29)26-8-6-5-7-9-26)17-16-31-34(30)35(43-23)32(19-36(3,4)39-24(2)41)40(31)21-25-10-13-28(37)14-11-25/h5-17,20,23H,18-19,21-22H2,1-4H3,(H,39,41). The summed E-state index contributed by atoms with van der Waals surface area (Å²) in [5.74, 6) is 0.882. The normalized spacial score (nSPS) is 14.6. The second-order valence-electron chi connectivity index (χ2n) is 12.0. The van der Waals surface area contributed by atoms with Crippen molar-refractivity contribution >= 4 is 40.2 Å². The zero-order chi connectivity index (χ0) is 30.1. The molecule has 1 atom stereocenters. The number of benzene rings is 3. The monoisotopic (exact) mass is 609 g/mol. The van der Waals surface area contributed by atoms with Crippen LogP contribution >= 0.6 is 23.4 Å².